The van der Waals surface area contributed by atoms with Gasteiger partial charge in [-0.3, -0.25) is 0 Å². The molecule has 1 aromatic heterocycles. The van der Waals surface area contributed by atoms with E-state index in [4.69, 9.17) is 5.73 Å². The Morgan fingerprint density at radius 3 is 2.78 bits per heavy atom. The van der Waals surface area contributed by atoms with Gasteiger partial charge in [0.2, 0.25) is 0 Å². The summed E-state index contributed by atoms with van der Waals surface area (Å²) < 4.78 is 12.4. The molecular weight excluding hydrogens is 139 g/mol. The second-order valence-corrected chi connectivity index (χ2v) is 2.81. The lowest BCUT2D eigenvalue weighted by Crippen LogP contribution is -1.77. The molecule has 0 aliphatic heterocycles. The number of halogens is 1. The van der Waals surface area contributed by atoms with Crippen molar-refractivity contribution in [2.75, 3.05) is 5.73 Å². The fraction of sp³-hybridized carbons (Fsp3) is 0.400. The first-order chi connectivity index (χ1) is 4.20. The van der Waals surface area contributed by atoms with Crippen LogP contribution >= 0.6 is 11.3 Å². The highest BCUT2D eigenvalue weighted by Gasteiger charge is 2.04. The van der Waals surface area contributed by atoms with Crippen LogP contribution in [0.15, 0.2) is 6.20 Å². The molecule has 1 heterocycles. The molecule has 0 amide bonds. The Morgan fingerprint density at radius 1 is 1.89 bits per heavy atom. The summed E-state index contributed by atoms with van der Waals surface area (Å²) in [4.78, 5) is 4.28. The van der Waals surface area contributed by atoms with Crippen LogP contribution in [0.3, 0.4) is 0 Å². The summed E-state index contributed by atoms with van der Waals surface area (Å²) in [5.41, 5.74) is 5.26. The standard InChI is InChI=1S/C5H7FN2S/c1-3(6)4-2-8-5(7)9-4/h2-3H,1H3,(H2,7,8). The van der Waals surface area contributed by atoms with Crippen molar-refractivity contribution in [2.24, 2.45) is 0 Å². The van der Waals surface area contributed by atoms with E-state index >= 15 is 0 Å². The van der Waals surface area contributed by atoms with Crippen LogP contribution in [0.5, 0.6) is 0 Å². The molecule has 0 radical (unpaired) electrons. The lowest BCUT2D eigenvalue weighted by Gasteiger charge is -1.90. The zero-order valence-electron chi connectivity index (χ0n) is 4.97. The van der Waals surface area contributed by atoms with E-state index in [-0.39, 0.29) is 0 Å². The van der Waals surface area contributed by atoms with Gasteiger partial charge in [-0.15, -0.1) is 0 Å². The zero-order valence-corrected chi connectivity index (χ0v) is 5.78. The third kappa shape index (κ3) is 1.38. The molecule has 0 spiro atoms. The smallest absolute Gasteiger partial charge is 0.180 e. The number of rotatable bonds is 1. The van der Waals surface area contributed by atoms with Gasteiger partial charge in [0.05, 0.1) is 4.88 Å². The van der Waals surface area contributed by atoms with Crippen LogP contribution in [0.4, 0.5) is 9.52 Å². The number of nitrogens with zero attached hydrogens (tertiary/aromatic N) is 1. The SMILES string of the molecule is CC(F)c1cnc(N)s1. The van der Waals surface area contributed by atoms with Crippen molar-refractivity contribution in [2.45, 2.75) is 13.1 Å². The maximum atomic E-state index is 12.4. The number of nitrogens with two attached hydrogens (primary N) is 1. The minimum absolute atomic E-state index is 0.425. The predicted octanol–water partition coefficient (Wildman–Crippen LogP) is 1.76. The molecule has 0 aromatic carbocycles. The third-order valence-corrected chi connectivity index (χ3v) is 1.91. The topological polar surface area (TPSA) is 38.9 Å². The number of thiazole rings is 1. The molecule has 1 aromatic rings. The maximum absolute atomic E-state index is 12.4. The molecule has 0 bridgehead atoms. The van der Waals surface area contributed by atoms with E-state index < -0.39 is 6.17 Å². The Balaban J connectivity index is 2.85. The average Bonchev–Trinajstić information content (AvgIpc) is 2.14. The Morgan fingerprint density at radius 2 is 2.56 bits per heavy atom. The van der Waals surface area contributed by atoms with E-state index in [1.807, 2.05) is 0 Å². The van der Waals surface area contributed by atoms with Gasteiger partial charge >= 0.3 is 0 Å². The molecule has 2 N–H and O–H groups in total. The molecule has 0 saturated carbocycles. The quantitative estimate of drug-likeness (QED) is 0.655. The molecule has 50 valence electrons. The van der Waals surface area contributed by atoms with Gasteiger partial charge in [-0.1, -0.05) is 11.3 Å². The first kappa shape index (κ1) is 6.48. The van der Waals surface area contributed by atoms with Gasteiger partial charge in [-0.2, -0.15) is 0 Å². The highest BCUT2D eigenvalue weighted by atomic mass is 32.1. The van der Waals surface area contributed by atoms with Crippen molar-refractivity contribution >= 4 is 16.5 Å². The van der Waals surface area contributed by atoms with Crippen LogP contribution in [-0.4, -0.2) is 4.98 Å². The number of hydrogen-bond donors (Lipinski definition) is 1. The van der Waals surface area contributed by atoms with Crippen molar-refractivity contribution in [3.8, 4) is 0 Å². The molecule has 1 atom stereocenters. The van der Waals surface area contributed by atoms with Gasteiger partial charge in [0, 0.05) is 6.20 Å². The van der Waals surface area contributed by atoms with Gasteiger partial charge in [0.25, 0.3) is 0 Å². The Labute approximate surface area is 56.5 Å². The molecular formula is C5H7FN2S. The lowest BCUT2D eigenvalue weighted by molar-refractivity contribution is 0.380. The van der Waals surface area contributed by atoms with Gasteiger partial charge in [-0.05, 0) is 6.92 Å². The molecule has 0 fully saturated rings. The monoisotopic (exact) mass is 146 g/mol. The van der Waals surface area contributed by atoms with E-state index in [0.29, 0.717) is 10.0 Å². The predicted molar refractivity (Wildman–Crippen MR) is 36.0 cm³/mol. The van der Waals surface area contributed by atoms with Gasteiger partial charge in [0.1, 0.15) is 6.17 Å². The van der Waals surface area contributed by atoms with Crippen molar-refractivity contribution in [1.82, 2.24) is 4.98 Å². The van der Waals surface area contributed by atoms with Crippen LogP contribution in [0.25, 0.3) is 0 Å². The van der Waals surface area contributed by atoms with Crippen LogP contribution in [-0.2, 0) is 0 Å². The summed E-state index contributed by atoms with van der Waals surface area (Å²) >= 11 is 1.19. The van der Waals surface area contributed by atoms with Crippen LogP contribution < -0.4 is 5.73 Å². The highest BCUT2D eigenvalue weighted by molar-refractivity contribution is 7.15. The fourth-order valence-corrected chi connectivity index (χ4v) is 1.10. The van der Waals surface area contributed by atoms with Crippen molar-refractivity contribution in [1.29, 1.82) is 0 Å². The van der Waals surface area contributed by atoms with Crippen LogP contribution in [0.1, 0.15) is 18.0 Å². The minimum Gasteiger partial charge on any atom is -0.375 e. The van der Waals surface area contributed by atoms with Crippen LogP contribution in [0.2, 0.25) is 0 Å². The molecule has 9 heavy (non-hydrogen) atoms. The zero-order chi connectivity index (χ0) is 6.85. The number of hydrogen-bond acceptors (Lipinski definition) is 3. The number of nitrogen functional groups attached to an aromatic ring is 1. The third-order valence-electron chi connectivity index (χ3n) is 0.934. The second kappa shape index (κ2) is 2.31. The summed E-state index contributed by atoms with van der Waals surface area (Å²) in [6.07, 6.45) is 0.518. The second-order valence-electron chi connectivity index (χ2n) is 1.72. The molecule has 0 saturated heterocycles. The fourth-order valence-electron chi connectivity index (χ4n) is 0.485. The van der Waals surface area contributed by atoms with E-state index in [1.54, 1.807) is 0 Å². The largest absolute Gasteiger partial charge is 0.375 e. The van der Waals surface area contributed by atoms with Crippen molar-refractivity contribution in [3.05, 3.63) is 11.1 Å². The number of alkyl halides is 1. The number of aromatic nitrogens is 1. The van der Waals surface area contributed by atoms with E-state index in [1.165, 1.54) is 24.5 Å². The van der Waals surface area contributed by atoms with Gasteiger partial charge in [0.15, 0.2) is 5.13 Å². The number of anilines is 1. The molecule has 4 heteroatoms. The Bertz CT molecular complexity index is 197. The summed E-state index contributed by atoms with van der Waals surface area (Å²) in [6.45, 7) is 1.47. The van der Waals surface area contributed by atoms with E-state index in [2.05, 4.69) is 4.98 Å². The first-order valence-electron chi connectivity index (χ1n) is 2.55. The van der Waals surface area contributed by atoms with Gasteiger partial charge < -0.3 is 5.73 Å². The summed E-state index contributed by atoms with van der Waals surface area (Å²) in [6, 6.07) is 0. The molecule has 0 aliphatic rings. The Kier molecular flexibility index (Phi) is 1.66. The summed E-state index contributed by atoms with van der Waals surface area (Å²) in [5.74, 6) is 0. The molecule has 1 unspecified atom stereocenters. The Hall–Kier alpha value is -0.640. The average molecular weight is 146 g/mol. The maximum Gasteiger partial charge on any atom is 0.180 e. The molecule has 1 rings (SSSR count). The van der Waals surface area contributed by atoms with Crippen LogP contribution in [0, 0.1) is 0 Å². The van der Waals surface area contributed by atoms with E-state index in [0.717, 1.165) is 0 Å². The molecule has 2 nitrogen and oxygen atoms in total. The molecule has 0 aliphatic carbocycles. The van der Waals surface area contributed by atoms with E-state index in [9.17, 15) is 4.39 Å². The minimum atomic E-state index is -0.945. The lowest BCUT2D eigenvalue weighted by atomic mass is 10.4. The summed E-state index contributed by atoms with van der Waals surface area (Å²) in [7, 11) is 0. The van der Waals surface area contributed by atoms with Crippen molar-refractivity contribution in [3.63, 3.8) is 0 Å². The highest BCUT2D eigenvalue weighted by Crippen LogP contribution is 2.23. The first-order valence-corrected chi connectivity index (χ1v) is 3.37. The van der Waals surface area contributed by atoms with Gasteiger partial charge in [-0.25, -0.2) is 9.37 Å². The van der Waals surface area contributed by atoms with Crippen molar-refractivity contribution < 1.29 is 4.39 Å². The summed E-state index contributed by atoms with van der Waals surface area (Å²) in [5, 5.41) is 0.425. The normalized spacial score (nSPS) is 13.6.